The van der Waals surface area contributed by atoms with Gasteiger partial charge >= 0.3 is 0 Å². The lowest BCUT2D eigenvalue weighted by Gasteiger charge is -2.30. The first-order valence-corrected chi connectivity index (χ1v) is 8.21. The Hall–Kier alpha value is -2.27. The average Bonchev–Trinajstić information content (AvgIpc) is 2.63. The van der Waals surface area contributed by atoms with Gasteiger partial charge in [0.1, 0.15) is 19.0 Å². The summed E-state index contributed by atoms with van der Waals surface area (Å²) in [6, 6.07) is 7.87. The van der Waals surface area contributed by atoms with Crippen LogP contribution in [0.2, 0.25) is 5.02 Å². The average molecular weight is 348 g/mol. The van der Waals surface area contributed by atoms with Crippen LogP contribution in [-0.2, 0) is 6.42 Å². The van der Waals surface area contributed by atoms with Crippen LogP contribution >= 0.6 is 11.6 Å². The molecule has 2 aromatic rings. The van der Waals surface area contributed by atoms with Crippen LogP contribution in [0.15, 0.2) is 30.3 Å². The first-order chi connectivity index (χ1) is 11.6. The molecule has 0 saturated carbocycles. The first kappa shape index (κ1) is 15.3. The van der Waals surface area contributed by atoms with Gasteiger partial charge in [0.2, 0.25) is 0 Å². The lowest BCUT2D eigenvalue weighted by Crippen LogP contribution is -2.36. The van der Waals surface area contributed by atoms with E-state index in [1.807, 2.05) is 0 Å². The van der Waals surface area contributed by atoms with Crippen LogP contribution in [0.5, 0.6) is 11.5 Å². The summed E-state index contributed by atoms with van der Waals surface area (Å²) in [5, 5.41) is 0.492. The van der Waals surface area contributed by atoms with Crippen molar-refractivity contribution in [1.82, 2.24) is 0 Å². The lowest BCUT2D eigenvalue weighted by atomic mass is 10.00. The molecule has 1 amide bonds. The third-order valence-electron chi connectivity index (χ3n) is 4.29. The van der Waals surface area contributed by atoms with E-state index in [1.165, 1.54) is 17.0 Å². The predicted octanol–water partition coefficient (Wildman–Crippen LogP) is 3.84. The van der Waals surface area contributed by atoms with Crippen molar-refractivity contribution in [3.8, 4) is 11.5 Å². The minimum Gasteiger partial charge on any atom is -0.486 e. The molecule has 0 atom stereocenters. The van der Waals surface area contributed by atoms with Crippen LogP contribution in [0.4, 0.5) is 10.1 Å². The number of anilines is 1. The highest BCUT2D eigenvalue weighted by molar-refractivity contribution is 6.32. The van der Waals surface area contributed by atoms with Gasteiger partial charge in [-0.15, -0.1) is 0 Å². The Balaban J connectivity index is 1.73. The fourth-order valence-electron chi connectivity index (χ4n) is 3.17. The van der Waals surface area contributed by atoms with E-state index in [0.29, 0.717) is 53.8 Å². The normalized spacial score (nSPS) is 15.8. The predicted molar refractivity (Wildman–Crippen MR) is 88.8 cm³/mol. The molecule has 0 aromatic heterocycles. The molecule has 4 rings (SSSR count). The molecule has 6 heteroatoms. The molecule has 0 bridgehead atoms. The maximum Gasteiger partial charge on any atom is 0.258 e. The number of rotatable bonds is 1. The van der Waals surface area contributed by atoms with Crippen molar-refractivity contribution in [2.24, 2.45) is 0 Å². The summed E-state index contributed by atoms with van der Waals surface area (Å²) in [5.41, 5.74) is 1.41. The number of fused-ring (bicyclic) bond motifs is 2. The Morgan fingerprint density at radius 2 is 1.92 bits per heavy atom. The summed E-state index contributed by atoms with van der Waals surface area (Å²) in [4.78, 5) is 14.4. The Kier molecular flexibility index (Phi) is 3.81. The topological polar surface area (TPSA) is 38.8 Å². The van der Waals surface area contributed by atoms with E-state index in [-0.39, 0.29) is 11.6 Å². The molecule has 2 aliphatic rings. The molecule has 2 aromatic carbocycles. The number of ether oxygens (including phenoxy) is 2. The Morgan fingerprint density at radius 3 is 2.75 bits per heavy atom. The summed E-state index contributed by atoms with van der Waals surface area (Å²) in [5.74, 6) is 0.455. The van der Waals surface area contributed by atoms with Crippen LogP contribution in [0.3, 0.4) is 0 Å². The molecule has 0 fully saturated rings. The van der Waals surface area contributed by atoms with Gasteiger partial charge in [-0.3, -0.25) is 4.79 Å². The highest BCUT2D eigenvalue weighted by Gasteiger charge is 2.29. The fourth-order valence-corrected chi connectivity index (χ4v) is 3.42. The van der Waals surface area contributed by atoms with E-state index in [0.717, 1.165) is 6.42 Å². The Morgan fingerprint density at radius 1 is 1.12 bits per heavy atom. The highest BCUT2D eigenvalue weighted by atomic mass is 35.5. The van der Waals surface area contributed by atoms with Gasteiger partial charge in [-0.05, 0) is 48.7 Å². The van der Waals surface area contributed by atoms with Gasteiger partial charge in [-0.25, -0.2) is 4.39 Å². The zero-order valence-corrected chi connectivity index (χ0v) is 13.6. The summed E-state index contributed by atoms with van der Waals surface area (Å²) < 4.78 is 25.3. The molecule has 24 heavy (non-hydrogen) atoms. The molecule has 0 saturated heterocycles. The smallest absolute Gasteiger partial charge is 0.258 e. The summed E-state index contributed by atoms with van der Waals surface area (Å²) in [6.45, 7) is 1.39. The number of nitrogens with zero attached hydrogens (tertiary/aromatic N) is 1. The van der Waals surface area contributed by atoms with Crippen LogP contribution in [0, 0.1) is 5.82 Å². The molecule has 124 valence electrons. The van der Waals surface area contributed by atoms with Gasteiger partial charge in [-0.1, -0.05) is 11.6 Å². The number of amides is 1. The van der Waals surface area contributed by atoms with Crippen molar-refractivity contribution < 1.29 is 18.7 Å². The van der Waals surface area contributed by atoms with Gasteiger partial charge in [0.05, 0.1) is 5.69 Å². The monoisotopic (exact) mass is 347 g/mol. The molecule has 4 nitrogen and oxygen atoms in total. The minimum absolute atomic E-state index is 0.269. The Labute approximate surface area is 143 Å². The highest BCUT2D eigenvalue weighted by Crippen LogP contribution is 2.37. The first-order valence-electron chi connectivity index (χ1n) is 7.83. The van der Waals surface area contributed by atoms with Crippen molar-refractivity contribution in [2.45, 2.75) is 12.8 Å². The van der Waals surface area contributed by atoms with Gasteiger partial charge in [0, 0.05) is 17.1 Å². The number of hydrogen-bond acceptors (Lipinski definition) is 3. The number of carbonyl (C=O) groups excluding carboxylic acids is 1. The summed E-state index contributed by atoms with van der Waals surface area (Å²) >= 11 is 6.18. The zero-order chi connectivity index (χ0) is 16.7. The molecule has 0 aliphatic carbocycles. The van der Waals surface area contributed by atoms with Gasteiger partial charge in [0.15, 0.2) is 11.5 Å². The zero-order valence-electron chi connectivity index (χ0n) is 12.9. The standard InChI is InChI=1S/C18H15ClFNO3/c19-13-4-5-14(20)17-12(13)2-1-7-21(17)18(22)11-3-6-15-16(10-11)24-9-8-23-15/h3-6,10H,1-2,7-9H2. The number of benzene rings is 2. The van der Waals surface area contributed by atoms with Crippen molar-refractivity contribution in [2.75, 3.05) is 24.7 Å². The summed E-state index contributed by atoms with van der Waals surface area (Å²) in [7, 11) is 0. The number of hydrogen-bond donors (Lipinski definition) is 0. The second kappa shape index (κ2) is 5.98. The van der Waals surface area contributed by atoms with Gasteiger partial charge in [0.25, 0.3) is 5.91 Å². The second-order valence-electron chi connectivity index (χ2n) is 5.78. The van der Waals surface area contributed by atoms with Gasteiger partial charge in [-0.2, -0.15) is 0 Å². The van der Waals surface area contributed by atoms with E-state index in [4.69, 9.17) is 21.1 Å². The minimum atomic E-state index is -0.431. The summed E-state index contributed by atoms with van der Waals surface area (Å²) in [6.07, 6.45) is 1.41. The second-order valence-corrected chi connectivity index (χ2v) is 6.18. The molecular formula is C18H15ClFNO3. The van der Waals surface area contributed by atoms with Crippen molar-refractivity contribution in [3.63, 3.8) is 0 Å². The largest absolute Gasteiger partial charge is 0.486 e. The molecule has 0 spiro atoms. The number of halogens is 2. The SMILES string of the molecule is O=C(c1ccc2c(c1)OCCO2)N1CCCc2c(Cl)ccc(F)c21. The molecular weight excluding hydrogens is 333 g/mol. The fraction of sp³-hybridized carbons (Fsp3) is 0.278. The van der Waals surface area contributed by atoms with Crippen LogP contribution < -0.4 is 14.4 Å². The van der Waals surface area contributed by atoms with E-state index in [9.17, 15) is 9.18 Å². The third kappa shape index (κ3) is 2.49. The molecule has 0 N–H and O–H groups in total. The molecule has 2 heterocycles. The van der Waals surface area contributed by atoms with Crippen LogP contribution in [0.25, 0.3) is 0 Å². The van der Waals surface area contributed by atoms with Gasteiger partial charge < -0.3 is 14.4 Å². The quantitative estimate of drug-likeness (QED) is 0.786. The van der Waals surface area contributed by atoms with Crippen molar-refractivity contribution in [1.29, 1.82) is 0 Å². The third-order valence-corrected chi connectivity index (χ3v) is 4.64. The van der Waals surface area contributed by atoms with Crippen molar-refractivity contribution in [3.05, 3.63) is 52.3 Å². The number of carbonyl (C=O) groups is 1. The van der Waals surface area contributed by atoms with E-state index in [1.54, 1.807) is 18.2 Å². The molecule has 0 radical (unpaired) electrons. The van der Waals surface area contributed by atoms with E-state index >= 15 is 0 Å². The Bertz CT molecular complexity index is 824. The maximum absolute atomic E-state index is 14.4. The van der Waals surface area contributed by atoms with E-state index < -0.39 is 5.82 Å². The molecule has 2 aliphatic heterocycles. The van der Waals surface area contributed by atoms with Crippen molar-refractivity contribution >= 4 is 23.2 Å². The van der Waals surface area contributed by atoms with Crippen LogP contribution in [0.1, 0.15) is 22.3 Å². The van der Waals surface area contributed by atoms with E-state index in [2.05, 4.69) is 0 Å². The maximum atomic E-state index is 14.4. The van der Waals surface area contributed by atoms with Crippen LogP contribution in [-0.4, -0.2) is 25.7 Å². The lowest BCUT2D eigenvalue weighted by molar-refractivity contribution is 0.0983. The molecule has 0 unspecified atom stereocenters.